The van der Waals surface area contributed by atoms with E-state index < -0.39 is 29.7 Å². The largest absolute Gasteiger partial charge is 0.384 e. The van der Waals surface area contributed by atoms with E-state index in [1.807, 2.05) is 0 Å². The van der Waals surface area contributed by atoms with E-state index in [2.05, 4.69) is 10.6 Å². The number of fused-ring (bicyclic) bond motifs is 1. The molecule has 28 heavy (non-hydrogen) atoms. The van der Waals surface area contributed by atoms with E-state index in [0.717, 1.165) is 4.90 Å². The van der Waals surface area contributed by atoms with Crippen LogP contribution in [0.4, 0.5) is 5.69 Å². The Morgan fingerprint density at radius 2 is 2.04 bits per heavy atom. The molecule has 0 aliphatic carbocycles. The molecule has 2 aliphatic rings. The fourth-order valence-electron chi connectivity index (χ4n) is 3.28. The molecule has 0 bridgehead atoms. The molecule has 3 rings (SSSR count). The van der Waals surface area contributed by atoms with Gasteiger partial charge >= 0.3 is 0 Å². The Balaban J connectivity index is 1.69. The number of ether oxygens (including phenoxy) is 1. The van der Waals surface area contributed by atoms with Crippen molar-refractivity contribution in [2.75, 3.05) is 25.1 Å². The molecule has 2 heterocycles. The van der Waals surface area contributed by atoms with Gasteiger partial charge in [0.2, 0.25) is 11.8 Å². The number of rotatable bonds is 8. The molecular formula is C19H21N3O6. The van der Waals surface area contributed by atoms with Crippen LogP contribution in [0.1, 0.15) is 46.9 Å². The molecule has 1 atom stereocenters. The summed E-state index contributed by atoms with van der Waals surface area (Å²) >= 11 is 0. The topological polar surface area (TPSA) is 122 Å². The molecule has 1 saturated heterocycles. The SMILES string of the molecule is CC(=O)COCCCNc1cccc2c1C(=O)N(C1CCC(=O)NC1=O)C2=O. The quantitative estimate of drug-likeness (QED) is 0.492. The van der Waals surface area contributed by atoms with Crippen molar-refractivity contribution in [2.24, 2.45) is 0 Å². The van der Waals surface area contributed by atoms with E-state index in [9.17, 15) is 24.0 Å². The first kappa shape index (κ1) is 19.7. The molecule has 4 amide bonds. The highest BCUT2D eigenvalue weighted by Gasteiger charge is 2.45. The van der Waals surface area contributed by atoms with Crippen LogP contribution in [0.5, 0.6) is 0 Å². The molecular weight excluding hydrogens is 366 g/mol. The standard InChI is InChI=1S/C19H21N3O6/c1-11(23)10-28-9-3-8-20-13-5-2-4-12-16(13)19(27)22(18(12)26)14-6-7-15(24)21-17(14)25/h2,4-5,14,20H,3,6-10H2,1H3,(H,21,24,25). The molecule has 2 aliphatic heterocycles. The fourth-order valence-corrected chi connectivity index (χ4v) is 3.28. The number of carbonyl (C=O) groups is 5. The molecule has 1 fully saturated rings. The molecule has 0 radical (unpaired) electrons. The monoisotopic (exact) mass is 387 g/mol. The van der Waals surface area contributed by atoms with Crippen LogP contribution in [0.25, 0.3) is 0 Å². The molecule has 2 N–H and O–H groups in total. The molecule has 9 nitrogen and oxygen atoms in total. The Labute approximate surface area is 161 Å². The van der Waals surface area contributed by atoms with Crippen LogP contribution in [-0.4, -0.2) is 60.1 Å². The van der Waals surface area contributed by atoms with E-state index in [0.29, 0.717) is 25.3 Å². The maximum Gasteiger partial charge on any atom is 0.264 e. The number of hydrogen-bond donors (Lipinski definition) is 2. The summed E-state index contributed by atoms with van der Waals surface area (Å²) in [4.78, 5) is 60.8. The lowest BCUT2D eigenvalue weighted by Crippen LogP contribution is -2.54. The average molecular weight is 387 g/mol. The van der Waals surface area contributed by atoms with Crippen molar-refractivity contribution in [1.29, 1.82) is 0 Å². The van der Waals surface area contributed by atoms with Crippen LogP contribution in [0.3, 0.4) is 0 Å². The van der Waals surface area contributed by atoms with Gasteiger partial charge in [0.25, 0.3) is 11.8 Å². The summed E-state index contributed by atoms with van der Waals surface area (Å²) in [6.45, 7) is 2.38. The van der Waals surface area contributed by atoms with Gasteiger partial charge in [-0.3, -0.25) is 34.2 Å². The van der Waals surface area contributed by atoms with E-state index >= 15 is 0 Å². The van der Waals surface area contributed by atoms with Gasteiger partial charge in [0.15, 0.2) is 5.78 Å². The van der Waals surface area contributed by atoms with Crippen LogP contribution < -0.4 is 10.6 Å². The number of Topliss-reactive ketones (excluding diaryl/α,β-unsaturated/α-hetero) is 1. The van der Waals surface area contributed by atoms with Gasteiger partial charge < -0.3 is 10.1 Å². The number of anilines is 1. The van der Waals surface area contributed by atoms with Gasteiger partial charge in [-0.2, -0.15) is 0 Å². The highest BCUT2D eigenvalue weighted by atomic mass is 16.5. The van der Waals surface area contributed by atoms with E-state index in [-0.39, 0.29) is 36.4 Å². The predicted molar refractivity (Wildman–Crippen MR) is 97.7 cm³/mol. The Bertz CT molecular complexity index is 850. The number of piperidine rings is 1. The molecule has 1 unspecified atom stereocenters. The van der Waals surface area contributed by atoms with Gasteiger partial charge in [-0.15, -0.1) is 0 Å². The maximum absolute atomic E-state index is 12.9. The second-order valence-electron chi connectivity index (χ2n) is 6.71. The lowest BCUT2D eigenvalue weighted by atomic mass is 10.0. The van der Waals surface area contributed by atoms with Crippen molar-refractivity contribution in [2.45, 2.75) is 32.2 Å². The zero-order valence-corrected chi connectivity index (χ0v) is 15.4. The zero-order valence-electron chi connectivity index (χ0n) is 15.4. The number of carbonyl (C=O) groups excluding carboxylic acids is 5. The molecule has 0 aromatic heterocycles. The Morgan fingerprint density at radius 3 is 2.75 bits per heavy atom. The lowest BCUT2D eigenvalue weighted by Gasteiger charge is -2.27. The average Bonchev–Trinajstić information content (AvgIpc) is 2.90. The molecule has 0 spiro atoms. The highest BCUT2D eigenvalue weighted by Crippen LogP contribution is 2.32. The molecule has 0 saturated carbocycles. The second-order valence-corrected chi connectivity index (χ2v) is 6.71. The van der Waals surface area contributed by atoms with Crippen LogP contribution in [-0.2, 0) is 19.1 Å². The van der Waals surface area contributed by atoms with E-state index in [1.54, 1.807) is 18.2 Å². The van der Waals surface area contributed by atoms with Gasteiger partial charge in [-0.05, 0) is 31.9 Å². The van der Waals surface area contributed by atoms with Gasteiger partial charge in [0, 0.05) is 25.3 Å². The first-order chi connectivity index (χ1) is 13.4. The smallest absolute Gasteiger partial charge is 0.264 e. The predicted octanol–water partition coefficient (Wildman–Crippen LogP) is 0.495. The molecule has 148 valence electrons. The number of hydrogen-bond acceptors (Lipinski definition) is 7. The van der Waals surface area contributed by atoms with Crippen LogP contribution >= 0.6 is 0 Å². The van der Waals surface area contributed by atoms with Gasteiger partial charge in [-0.1, -0.05) is 6.07 Å². The summed E-state index contributed by atoms with van der Waals surface area (Å²) in [6, 6.07) is 3.90. The second kappa shape index (κ2) is 8.30. The zero-order chi connectivity index (χ0) is 20.3. The van der Waals surface area contributed by atoms with Crippen molar-refractivity contribution in [3.8, 4) is 0 Å². The number of nitrogens with one attached hydrogen (secondary N) is 2. The molecule has 1 aromatic carbocycles. The first-order valence-electron chi connectivity index (χ1n) is 9.05. The number of imide groups is 2. The van der Waals surface area contributed by atoms with Crippen molar-refractivity contribution >= 4 is 35.1 Å². The minimum atomic E-state index is -0.988. The van der Waals surface area contributed by atoms with E-state index in [4.69, 9.17) is 4.74 Å². The minimum Gasteiger partial charge on any atom is -0.384 e. The van der Waals surface area contributed by atoms with Crippen LogP contribution in [0.2, 0.25) is 0 Å². The summed E-state index contributed by atoms with van der Waals surface area (Å²) < 4.78 is 5.19. The third kappa shape index (κ3) is 3.94. The van der Waals surface area contributed by atoms with Crippen LogP contribution in [0.15, 0.2) is 18.2 Å². The van der Waals surface area contributed by atoms with Crippen LogP contribution in [0, 0.1) is 0 Å². The normalized spacial score (nSPS) is 18.9. The summed E-state index contributed by atoms with van der Waals surface area (Å²) in [5.41, 5.74) is 0.951. The number of nitrogens with zero attached hydrogens (tertiary/aromatic N) is 1. The number of amides is 4. The van der Waals surface area contributed by atoms with E-state index in [1.165, 1.54) is 6.92 Å². The summed E-state index contributed by atoms with van der Waals surface area (Å²) in [5, 5.41) is 5.28. The number of ketones is 1. The first-order valence-corrected chi connectivity index (χ1v) is 9.05. The minimum absolute atomic E-state index is 0.0495. The molecule has 9 heteroatoms. The van der Waals surface area contributed by atoms with Crippen molar-refractivity contribution in [3.63, 3.8) is 0 Å². The Morgan fingerprint density at radius 1 is 1.25 bits per heavy atom. The van der Waals surface area contributed by atoms with Gasteiger partial charge in [0.1, 0.15) is 12.6 Å². The third-order valence-electron chi connectivity index (χ3n) is 4.55. The maximum atomic E-state index is 12.9. The Kier molecular flexibility index (Phi) is 5.84. The third-order valence-corrected chi connectivity index (χ3v) is 4.55. The van der Waals surface area contributed by atoms with Gasteiger partial charge in [0.05, 0.1) is 11.1 Å². The summed E-state index contributed by atoms with van der Waals surface area (Å²) in [5.74, 6) is -2.19. The highest BCUT2D eigenvalue weighted by molar-refractivity contribution is 6.25. The summed E-state index contributed by atoms with van der Waals surface area (Å²) in [7, 11) is 0. The molecule has 1 aromatic rings. The van der Waals surface area contributed by atoms with Crippen molar-refractivity contribution < 1.29 is 28.7 Å². The number of benzene rings is 1. The van der Waals surface area contributed by atoms with Crippen molar-refractivity contribution in [3.05, 3.63) is 29.3 Å². The fraction of sp³-hybridized carbons (Fsp3) is 0.421. The Hall–Kier alpha value is -3.07. The lowest BCUT2D eigenvalue weighted by molar-refractivity contribution is -0.136. The van der Waals surface area contributed by atoms with Crippen molar-refractivity contribution in [1.82, 2.24) is 10.2 Å². The van der Waals surface area contributed by atoms with Gasteiger partial charge in [-0.25, -0.2) is 0 Å². The summed E-state index contributed by atoms with van der Waals surface area (Å²) in [6.07, 6.45) is 0.803.